The molecule has 7 heteroatoms. The summed E-state index contributed by atoms with van der Waals surface area (Å²) in [5.74, 6) is 1.36. The van der Waals surface area contributed by atoms with Gasteiger partial charge in [-0.2, -0.15) is 9.61 Å². The number of nitrogens with one attached hydrogen (secondary N) is 1. The van der Waals surface area contributed by atoms with E-state index in [1.54, 1.807) is 12.1 Å². The van der Waals surface area contributed by atoms with Gasteiger partial charge in [0.25, 0.3) is 5.91 Å². The molecule has 0 saturated heterocycles. The van der Waals surface area contributed by atoms with Gasteiger partial charge in [0.2, 0.25) is 4.96 Å². The first-order chi connectivity index (χ1) is 10.3. The molecular formula is C14H13N5OS. The molecule has 2 heterocycles. The Hall–Kier alpha value is -2.28. The Kier molecular flexibility index (Phi) is 2.92. The number of amides is 1. The molecule has 2 aromatic heterocycles. The fourth-order valence-corrected chi connectivity index (χ4v) is 2.97. The maximum atomic E-state index is 12.0. The number of hydrogen-bond donors (Lipinski definition) is 1. The molecule has 0 unspecified atom stereocenters. The minimum atomic E-state index is -0.0935. The van der Waals surface area contributed by atoms with Crippen molar-refractivity contribution in [3.63, 3.8) is 0 Å². The zero-order valence-corrected chi connectivity index (χ0v) is 12.0. The summed E-state index contributed by atoms with van der Waals surface area (Å²) < 4.78 is 1.81. The van der Waals surface area contributed by atoms with E-state index in [4.69, 9.17) is 0 Å². The zero-order valence-electron chi connectivity index (χ0n) is 11.2. The molecule has 1 aromatic carbocycles. The van der Waals surface area contributed by atoms with E-state index in [2.05, 4.69) is 20.6 Å². The van der Waals surface area contributed by atoms with E-state index in [1.807, 2.05) is 22.7 Å². The van der Waals surface area contributed by atoms with E-state index in [0.717, 1.165) is 15.8 Å². The van der Waals surface area contributed by atoms with E-state index >= 15 is 0 Å². The van der Waals surface area contributed by atoms with Gasteiger partial charge in [0.05, 0.1) is 6.54 Å². The van der Waals surface area contributed by atoms with Gasteiger partial charge in [0.1, 0.15) is 5.01 Å². The summed E-state index contributed by atoms with van der Waals surface area (Å²) in [6.07, 6.45) is 2.33. The van der Waals surface area contributed by atoms with Crippen LogP contribution in [0.5, 0.6) is 0 Å². The topological polar surface area (TPSA) is 72.2 Å². The summed E-state index contributed by atoms with van der Waals surface area (Å²) >= 11 is 1.46. The summed E-state index contributed by atoms with van der Waals surface area (Å²) in [5.41, 5.74) is 0.652. The molecule has 21 heavy (non-hydrogen) atoms. The molecule has 3 aromatic rings. The highest BCUT2D eigenvalue weighted by Gasteiger charge is 2.30. The third-order valence-electron chi connectivity index (χ3n) is 3.44. The SMILES string of the molecule is O=C(NCc1nn2c(C3CC3)nnc2s1)c1ccccc1. The van der Waals surface area contributed by atoms with Crippen molar-refractivity contribution < 1.29 is 4.79 Å². The molecule has 1 fully saturated rings. The molecule has 0 atom stereocenters. The summed E-state index contributed by atoms with van der Waals surface area (Å²) in [5, 5.41) is 16.5. The molecule has 1 amide bonds. The van der Waals surface area contributed by atoms with Crippen LogP contribution in [0.25, 0.3) is 4.96 Å². The molecule has 1 aliphatic carbocycles. The first-order valence-electron chi connectivity index (χ1n) is 6.85. The predicted octanol–water partition coefficient (Wildman–Crippen LogP) is 1.99. The van der Waals surface area contributed by atoms with Crippen LogP contribution in [0.15, 0.2) is 30.3 Å². The van der Waals surface area contributed by atoms with Crippen molar-refractivity contribution >= 4 is 22.2 Å². The molecule has 0 spiro atoms. The van der Waals surface area contributed by atoms with Crippen LogP contribution in [0.4, 0.5) is 0 Å². The van der Waals surface area contributed by atoms with E-state index in [9.17, 15) is 4.79 Å². The van der Waals surface area contributed by atoms with Crippen LogP contribution in [-0.2, 0) is 6.54 Å². The van der Waals surface area contributed by atoms with Gasteiger partial charge < -0.3 is 5.32 Å². The van der Waals surface area contributed by atoms with Gasteiger partial charge in [0.15, 0.2) is 5.82 Å². The lowest BCUT2D eigenvalue weighted by molar-refractivity contribution is 0.0951. The van der Waals surface area contributed by atoms with Crippen LogP contribution in [0.1, 0.15) is 39.9 Å². The fraction of sp³-hybridized carbons (Fsp3) is 0.286. The Balaban J connectivity index is 1.48. The number of hydrogen-bond acceptors (Lipinski definition) is 5. The minimum Gasteiger partial charge on any atom is -0.345 e. The summed E-state index contributed by atoms with van der Waals surface area (Å²) in [4.78, 5) is 12.8. The van der Waals surface area contributed by atoms with Crippen molar-refractivity contribution in [3.05, 3.63) is 46.7 Å². The molecule has 0 radical (unpaired) electrons. The normalized spacial score (nSPS) is 14.5. The van der Waals surface area contributed by atoms with E-state index < -0.39 is 0 Å². The standard InChI is InChI=1S/C14H13N5OS/c20-13(10-4-2-1-3-5-10)15-8-11-18-19-12(9-6-7-9)16-17-14(19)21-11/h1-5,9H,6-8H2,(H,15,20). The average molecular weight is 299 g/mol. The number of carbonyl (C=O) groups excluding carboxylic acids is 1. The van der Waals surface area contributed by atoms with Crippen LogP contribution in [0.2, 0.25) is 0 Å². The van der Waals surface area contributed by atoms with Crippen molar-refractivity contribution in [1.29, 1.82) is 0 Å². The molecule has 4 rings (SSSR count). The second-order valence-electron chi connectivity index (χ2n) is 5.07. The molecule has 0 aliphatic heterocycles. The first-order valence-corrected chi connectivity index (χ1v) is 7.67. The Morgan fingerprint density at radius 2 is 2.10 bits per heavy atom. The van der Waals surface area contributed by atoms with Crippen molar-refractivity contribution in [2.45, 2.75) is 25.3 Å². The second-order valence-corrected chi connectivity index (χ2v) is 6.11. The smallest absolute Gasteiger partial charge is 0.251 e. The molecular weight excluding hydrogens is 286 g/mol. The van der Waals surface area contributed by atoms with Crippen molar-refractivity contribution in [2.24, 2.45) is 0 Å². The lowest BCUT2D eigenvalue weighted by Gasteiger charge is -2.02. The number of fused-ring (bicyclic) bond motifs is 1. The van der Waals surface area contributed by atoms with Crippen LogP contribution in [-0.4, -0.2) is 25.7 Å². The van der Waals surface area contributed by atoms with Gasteiger partial charge >= 0.3 is 0 Å². The first kappa shape index (κ1) is 12.5. The van der Waals surface area contributed by atoms with Gasteiger partial charge in [-0.3, -0.25) is 4.79 Å². The second kappa shape index (κ2) is 4.92. The molecule has 1 aliphatic rings. The Bertz CT molecular complexity index is 790. The summed E-state index contributed by atoms with van der Waals surface area (Å²) in [6, 6.07) is 9.16. The highest BCUT2D eigenvalue weighted by atomic mass is 32.1. The van der Waals surface area contributed by atoms with E-state index in [0.29, 0.717) is 18.0 Å². The lowest BCUT2D eigenvalue weighted by atomic mass is 10.2. The highest BCUT2D eigenvalue weighted by molar-refractivity contribution is 7.16. The van der Waals surface area contributed by atoms with E-state index in [1.165, 1.54) is 24.2 Å². The van der Waals surface area contributed by atoms with Crippen LogP contribution in [0.3, 0.4) is 0 Å². The van der Waals surface area contributed by atoms with Gasteiger partial charge in [-0.15, -0.1) is 10.2 Å². The largest absolute Gasteiger partial charge is 0.345 e. The monoisotopic (exact) mass is 299 g/mol. The van der Waals surface area contributed by atoms with E-state index in [-0.39, 0.29) is 5.91 Å². The number of benzene rings is 1. The Morgan fingerprint density at radius 3 is 2.86 bits per heavy atom. The van der Waals surface area contributed by atoms with Crippen molar-refractivity contribution in [2.75, 3.05) is 0 Å². The maximum Gasteiger partial charge on any atom is 0.251 e. The summed E-state index contributed by atoms with van der Waals surface area (Å²) in [6.45, 7) is 0.409. The minimum absolute atomic E-state index is 0.0935. The average Bonchev–Trinajstić information content (AvgIpc) is 3.16. The van der Waals surface area contributed by atoms with Gasteiger partial charge in [0, 0.05) is 11.5 Å². The van der Waals surface area contributed by atoms with Crippen LogP contribution >= 0.6 is 11.3 Å². The van der Waals surface area contributed by atoms with Gasteiger partial charge in [-0.25, -0.2) is 0 Å². The third kappa shape index (κ3) is 2.40. The number of rotatable bonds is 4. The third-order valence-corrected chi connectivity index (χ3v) is 4.33. The number of aromatic nitrogens is 4. The molecule has 106 valence electrons. The van der Waals surface area contributed by atoms with Crippen LogP contribution < -0.4 is 5.32 Å². The Labute approximate surface area is 124 Å². The molecule has 0 bridgehead atoms. The van der Waals surface area contributed by atoms with Crippen molar-refractivity contribution in [1.82, 2.24) is 25.1 Å². The van der Waals surface area contributed by atoms with Crippen molar-refractivity contribution in [3.8, 4) is 0 Å². The van der Waals surface area contributed by atoms with Gasteiger partial charge in [-0.05, 0) is 25.0 Å². The van der Waals surface area contributed by atoms with Crippen LogP contribution in [0, 0.1) is 0 Å². The molecule has 1 N–H and O–H groups in total. The molecule has 6 nitrogen and oxygen atoms in total. The molecule has 1 saturated carbocycles. The fourth-order valence-electron chi connectivity index (χ4n) is 2.19. The number of nitrogens with zero attached hydrogens (tertiary/aromatic N) is 4. The Morgan fingerprint density at radius 1 is 1.29 bits per heavy atom. The number of carbonyl (C=O) groups is 1. The highest BCUT2D eigenvalue weighted by Crippen LogP contribution is 2.39. The lowest BCUT2D eigenvalue weighted by Crippen LogP contribution is -2.22. The predicted molar refractivity (Wildman–Crippen MR) is 78.2 cm³/mol. The zero-order chi connectivity index (χ0) is 14.2. The maximum absolute atomic E-state index is 12.0. The van der Waals surface area contributed by atoms with Gasteiger partial charge in [-0.1, -0.05) is 29.5 Å². The summed E-state index contributed by atoms with van der Waals surface area (Å²) in [7, 11) is 0. The quantitative estimate of drug-likeness (QED) is 0.799.